The maximum absolute atomic E-state index is 12.6. The van der Waals surface area contributed by atoms with Gasteiger partial charge in [-0.15, -0.1) is 0 Å². The molecule has 0 radical (unpaired) electrons. The maximum atomic E-state index is 12.6. The number of aryl methyl sites for hydroxylation is 1. The van der Waals surface area contributed by atoms with Crippen LogP contribution < -0.4 is 4.74 Å². The van der Waals surface area contributed by atoms with Crippen molar-refractivity contribution in [3.05, 3.63) is 59.9 Å². The van der Waals surface area contributed by atoms with Gasteiger partial charge < -0.3 is 9.64 Å². The Morgan fingerprint density at radius 2 is 1.96 bits per heavy atom. The van der Waals surface area contributed by atoms with E-state index in [4.69, 9.17) is 4.74 Å². The van der Waals surface area contributed by atoms with Gasteiger partial charge in [-0.25, -0.2) is 0 Å². The molecule has 1 atom stereocenters. The molecule has 0 saturated heterocycles. The van der Waals surface area contributed by atoms with E-state index in [1.165, 1.54) is 5.56 Å². The molecule has 0 fully saturated rings. The lowest BCUT2D eigenvalue weighted by molar-refractivity contribution is -0.133. The van der Waals surface area contributed by atoms with Crippen LogP contribution >= 0.6 is 0 Å². The molecule has 0 saturated carbocycles. The molecular weight excluding hydrogens is 312 g/mol. The van der Waals surface area contributed by atoms with Crippen LogP contribution in [0.15, 0.2) is 48.7 Å². The molecule has 134 valence electrons. The van der Waals surface area contributed by atoms with Gasteiger partial charge in [0, 0.05) is 30.9 Å². The third kappa shape index (κ3) is 5.89. The second-order valence-corrected chi connectivity index (χ2v) is 6.26. The summed E-state index contributed by atoms with van der Waals surface area (Å²) in [5.41, 5.74) is 2.26. The lowest BCUT2D eigenvalue weighted by Gasteiger charge is -2.28. The molecule has 0 bridgehead atoms. The molecule has 25 heavy (non-hydrogen) atoms. The van der Waals surface area contributed by atoms with Crippen molar-refractivity contribution < 1.29 is 9.53 Å². The van der Waals surface area contributed by atoms with E-state index in [0.29, 0.717) is 6.42 Å². The Bertz CT molecular complexity index is 641. The third-order valence-electron chi connectivity index (χ3n) is 4.43. The van der Waals surface area contributed by atoms with E-state index in [-0.39, 0.29) is 11.9 Å². The number of carbonyl (C=O) groups is 1. The Morgan fingerprint density at radius 3 is 2.56 bits per heavy atom. The lowest BCUT2D eigenvalue weighted by atomic mass is 10.0. The Balaban J connectivity index is 1.84. The van der Waals surface area contributed by atoms with E-state index >= 15 is 0 Å². The van der Waals surface area contributed by atoms with Gasteiger partial charge in [0.05, 0.1) is 7.11 Å². The van der Waals surface area contributed by atoms with Crippen molar-refractivity contribution in [2.24, 2.45) is 0 Å². The highest BCUT2D eigenvalue weighted by Gasteiger charge is 2.18. The fourth-order valence-corrected chi connectivity index (χ4v) is 3.06. The monoisotopic (exact) mass is 340 g/mol. The Hall–Kier alpha value is -2.36. The van der Waals surface area contributed by atoms with Crippen molar-refractivity contribution in [3.8, 4) is 5.75 Å². The van der Waals surface area contributed by atoms with Gasteiger partial charge in [-0.1, -0.05) is 18.2 Å². The zero-order valence-electron chi connectivity index (χ0n) is 15.4. The molecule has 0 spiro atoms. The zero-order valence-corrected chi connectivity index (χ0v) is 15.4. The lowest BCUT2D eigenvalue weighted by Crippen LogP contribution is -2.39. The predicted octanol–water partition coefficient (Wildman–Crippen LogP) is 3.89. The van der Waals surface area contributed by atoms with Crippen molar-refractivity contribution in [3.63, 3.8) is 0 Å². The molecule has 1 aromatic heterocycles. The number of nitrogens with zero attached hydrogens (tertiary/aromatic N) is 2. The van der Waals surface area contributed by atoms with E-state index in [0.717, 1.165) is 37.3 Å². The minimum Gasteiger partial charge on any atom is -0.497 e. The van der Waals surface area contributed by atoms with Crippen LogP contribution in [-0.4, -0.2) is 35.5 Å². The Labute approximate surface area is 150 Å². The SMILES string of the molecule is CCN(C(=O)CCCc1ccccn1)C(C)Cc1ccc(OC)cc1. The molecule has 4 nitrogen and oxygen atoms in total. The third-order valence-corrected chi connectivity index (χ3v) is 4.43. The summed E-state index contributed by atoms with van der Waals surface area (Å²) < 4.78 is 5.19. The molecule has 4 heteroatoms. The summed E-state index contributed by atoms with van der Waals surface area (Å²) in [5.74, 6) is 1.08. The van der Waals surface area contributed by atoms with Crippen LogP contribution in [0.4, 0.5) is 0 Å². The number of benzene rings is 1. The van der Waals surface area contributed by atoms with Gasteiger partial charge in [0.15, 0.2) is 0 Å². The summed E-state index contributed by atoms with van der Waals surface area (Å²) >= 11 is 0. The molecule has 0 N–H and O–H groups in total. The van der Waals surface area contributed by atoms with Crippen LogP contribution in [0.1, 0.15) is 37.9 Å². The Morgan fingerprint density at radius 1 is 1.20 bits per heavy atom. The number of rotatable bonds is 9. The van der Waals surface area contributed by atoms with Gasteiger partial charge in [0.2, 0.25) is 5.91 Å². The average molecular weight is 340 g/mol. The number of hydrogen-bond donors (Lipinski definition) is 0. The molecule has 0 aliphatic rings. The number of ether oxygens (including phenoxy) is 1. The molecule has 1 aromatic carbocycles. The number of likely N-dealkylation sites (N-methyl/N-ethyl adjacent to an activating group) is 1. The minimum absolute atomic E-state index is 0.181. The van der Waals surface area contributed by atoms with Crippen molar-refractivity contribution in [1.82, 2.24) is 9.88 Å². The van der Waals surface area contributed by atoms with Gasteiger partial charge in [0.1, 0.15) is 5.75 Å². The number of methoxy groups -OCH3 is 1. The quantitative estimate of drug-likeness (QED) is 0.695. The highest BCUT2D eigenvalue weighted by molar-refractivity contribution is 5.76. The number of aromatic nitrogens is 1. The van der Waals surface area contributed by atoms with Crippen molar-refractivity contribution in [2.45, 2.75) is 45.6 Å². The van der Waals surface area contributed by atoms with Gasteiger partial charge in [-0.05, 0) is 62.9 Å². The van der Waals surface area contributed by atoms with Crippen LogP contribution in [0.5, 0.6) is 5.75 Å². The second-order valence-electron chi connectivity index (χ2n) is 6.26. The number of carbonyl (C=O) groups excluding carboxylic acids is 1. The largest absolute Gasteiger partial charge is 0.497 e. The van der Waals surface area contributed by atoms with Gasteiger partial charge >= 0.3 is 0 Å². The summed E-state index contributed by atoms with van der Waals surface area (Å²) in [4.78, 5) is 18.9. The topological polar surface area (TPSA) is 42.4 Å². The first-order valence-electron chi connectivity index (χ1n) is 8.96. The summed E-state index contributed by atoms with van der Waals surface area (Å²) in [6, 6.07) is 14.1. The summed E-state index contributed by atoms with van der Waals surface area (Å²) in [5, 5.41) is 0. The zero-order chi connectivity index (χ0) is 18.1. The van der Waals surface area contributed by atoms with E-state index < -0.39 is 0 Å². The molecule has 1 unspecified atom stereocenters. The summed E-state index contributed by atoms with van der Waals surface area (Å²) in [6.45, 7) is 4.89. The van der Waals surface area contributed by atoms with Crippen LogP contribution in [0, 0.1) is 0 Å². The first-order chi connectivity index (χ1) is 12.1. The fourth-order valence-electron chi connectivity index (χ4n) is 3.06. The van der Waals surface area contributed by atoms with Gasteiger partial charge in [-0.2, -0.15) is 0 Å². The van der Waals surface area contributed by atoms with E-state index in [9.17, 15) is 4.79 Å². The van der Waals surface area contributed by atoms with Crippen LogP contribution in [-0.2, 0) is 17.6 Å². The molecule has 1 heterocycles. The highest BCUT2D eigenvalue weighted by atomic mass is 16.5. The number of amides is 1. The van der Waals surface area contributed by atoms with Gasteiger partial charge in [0.25, 0.3) is 0 Å². The first kappa shape index (κ1) is 19.0. The smallest absolute Gasteiger partial charge is 0.222 e. The second kappa shape index (κ2) is 9.82. The standard InChI is InChI=1S/C21H28N2O2/c1-4-23(17(2)16-18-11-13-20(25-3)14-12-18)21(24)10-7-9-19-8-5-6-15-22-19/h5-6,8,11-15,17H,4,7,9-10,16H2,1-3H3. The van der Waals surface area contributed by atoms with E-state index in [2.05, 4.69) is 24.0 Å². The average Bonchev–Trinajstić information content (AvgIpc) is 2.64. The fraction of sp³-hybridized carbons (Fsp3) is 0.429. The minimum atomic E-state index is 0.181. The normalized spacial score (nSPS) is 11.8. The van der Waals surface area contributed by atoms with E-state index in [1.807, 2.05) is 42.2 Å². The highest BCUT2D eigenvalue weighted by Crippen LogP contribution is 2.15. The number of pyridine rings is 1. The van der Waals surface area contributed by atoms with Crippen molar-refractivity contribution in [1.29, 1.82) is 0 Å². The van der Waals surface area contributed by atoms with Crippen molar-refractivity contribution in [2.75, 3.05) is 13.7 Å². The molecule has 1 amide bonds. The molecule has 0 aliphatic heterocycles. The van der Waals surface area contributed by atoms with Crippen LogP contribution in [0.2, 0.25) is 0 Å². The maximum Gasteiger partial charge on any atom is 0.222 e. The summed E-state index contributed by atoms with van der Waals surface area (Å²) in [7, 11) is 1.67. The number of hydrogen-bond acceptors (Lipinski definition) is 3. The van der Waals surface area contributed by atoms with Crippen LogP contribution in [0.25, 0.3) is 0 Å². The predicted molar refractivity (Wildman–Crippen MR) is 101 cm³/mol. The van der Waals surface area contributed by atoms with Crippen molar-refractivity contribution >= 4 is 5.91 Å². The Kier molecular flexibility index (Phi) is 7.45. The molecule has 2 aromatic rings. The summed E-state index contributed by atoms with van der Waals surface area (Å²) in [6.07, 6.45) is 4.90. The van der Waals surface area contributed by atoms with E-state index in [1.54, 1.807) is 13.3 Å². The molecular formula is C21H28N2O2. The molecule has 0 aliphatic carbocycles. The molecule has 2 rings (SSSR count). The van der Waals surface area contributed by atoms with Crippen LogP contribution in [0.3, 0.4) is 0 Å². The van der Waals surface area contributed by atoms with Gasteiger partial charge in [-0.3, -0.25) is 9.78 Å². The first-order valence-corrected chi connectivity index (χ1v) is 8.96.